The third kappa shape index (κ3) is 4.62. The standard InChI is InChI=1S/C24H29NO4/c1-4-9-18-14-19(15-22(28-2)23(18)29-3)24(27)25-13-8-12-20(25)16-21(26)17-10-6-5-7-11-17/h4-7,10-11,14-15,20-21,26H,1,8-9,12-13,16H2,2-3H3/t20-,21-/m1/s1. The molecule has 0 radical (unpaired) electrons. The molecule has 1 aliphatic rings. The Morgan fingerprint density at radius 2 is 2.03 bits per heavy atom. The summed E-state index contributed by atoms with van der Waals surface area (Å²) in [7, 11) is 3.16. The normalized spacial score (nSPS) is 17.1. The van der Waals surface area contributed by atoms with E-state index in [-0.39, 0.29) is 11.9 Å². The molecule has 5 nitrogen and oxygen atoms in total. The lowest BCUT2D eigenvalue weighted by Crippen LogP contribution is -2.36. The molecule has 2 aromatic rings. The smallest absolute Gasteiger partial charge is 0.254 e. The Hall–Kier alpha value is -2.79. The van der Waals surface area contributed by atoms with Gasteiger partial charge in [0.1, 0.15) is 0 Å². The van der Waals surface area contributed by atoms with Crippen molar-refractivity contribution < 1.29 is 19.4 Å². The average molecular weight is 395 g/mol. The molecule has 2 atom stereocenters. The Morgan fingerprint density at radius 3 is 2.69 bits per heavy atom. The summed E-state index contributed by atoms with van der Waals surface area (Å²) >= 11 is 0. The average Bonchev–Trinajstić information content (AvgIpc) is 3.21. The number of hydrogen-bond acceptors (Lipinski definition) is 4. The van der Waals surface area contributed by atoms with Crippen LogP contribution in [0.4, 0.5) is 0 Å². The first kappa shape index (κ1) is 20.9. The van der Waals surface area contributed by atoms with E-state index in [0.29, 0.717) is 36.4 Å². The van der Waals surface area contributed by atoms with Gasteiger partial charge in [-0.05, 0) is 43.4 Å². The van der Waals surface area contributed by atoms with Crippen LogP contribution in [0.5, 0.6) is 11.5 Å². The highest BCUT2D eigenvalue weighted by molar-refractivity contribution is 5.95. The minimum Gasteiger partial charge on any atom is -0.493 e. The van der Waals surface area contributed by atoms with E-state index in [1.807, 2.05) is 41.3 Å². The molecule has 1 fully saturated rings. The molecule has 0 unspecified atom stereocenters. The Balaban J connectivity index is 1.83. The van der Waals surface area contributed by atoms with Gasteiger partial charge in [-0.2, -0.15) is 0 Å². The van der Waals surface area contributed by atoms with Gasteiger partial charge in [0.15, 0.2) is 11.5 Å². The molecular formula is C24H29NO4. The van der Waals surface area contributed by atoms with Gasteiger partial charge in [-0.15, -0.1) is 6.58 Å². The molecule has 0 aromatic heterocycles. The third-order valence-electron chi connectivity index (χ3n) is 5.48. The number of amides is 1. The molecule has 5 heteroatoms. The number of aliphatic hydroxyl groups is 1. The van der Waals surface area contributed by atoms with Crippen molar-refractivity contribution in [1.29, 1.82) is 0 Å². The molecule has 0 bridgehead atoms. The van der Waals surface area contributed by atoms with Crippen LogP contribution in [0, 0.1) is 0 Å². The molecule has 2 aromatic carbocycles. The van der Waals surface area contributed by atoms with Crippen LogP contribution in [0.25, 0.3) is 0 Å². The van der Waals surface area contributed by atoms with Crippen molar-refractivity contribution in [2.75, 3.05) is 20.8 Å². The minimum atomic E-state index is -0.587. The summed E-state index contributed by atoms with van der Waals surface area (Å²) in [6, 6.07) is 13.2. The van der Waals surface area contributed by atoms with Gasteiger partial charge in [0.2, 0.25) is 0 Å². The topological polar surface area (TPSA) is 59.0 Å². The molecule has 154 valence electrons. The molecule has 29 heavy (non-hydrogen) atoms. The molecule has 1 N–H and O–H groups in total. The van der Waals surface area contributed by atoms with E-state index in [1.54, 1.807) is 26.4 Å². The maximum Gasteiger partial charge on any atom is 0.254 e. The van der Waals surface area contributed by atoms with E-state index in [1.165, 1.54) is 0 Å². The van der Waals surface area contributed by atoms with Gasteiger partial charge in [-0.25, -0.2) is 0 Å². The minimum absolute atomic E-state index is 0.00802. The molecule has 1 amide bonds. The highest BCUT2D eigenvalue weighted by atomic mass is 16.5. The lowest BCUT2D eigenvalue weighted by atomic mass is 9.99. The SMILES string of the molecule is C=CCc1cc(C(=O)N2CCC[C@@H]2C[C@@H](O)c2ccccc2)cc(OC)c1OC. The van der Waals surface area contributed by atoms with Gasteiger partial charge >= 0.3 is 0 Å². The van der Waals surface area contributed by atoms with Gasteiger partial charge < -0.3 is 19.5 Å². The molecule has 3 rings (SSSR count). The Bertz CT molecular complexity index is 849. The molecule has 1 aliphatic heterocycles. The summed E-state index contributed by atoms with van der Waals surface area (Å²) in [5, 5.41) is 10.6. The number of allylic oxidation sites excluding steroid dienone is 1. The first-order valence-corrected chi connectivity index (χ1v) is 9.98. The zero-order chi connectivity index (χ0) is 20.8. The van der Waals surface area contributed by atoms with Crippen molar-refractivity contribution in [3.63, 3.8) is 0 Å². The van der Waals surface area contributed by atoms with Crippen molar-refractivity contribution in [1.82, 2.24) is 4.90 Å². The number of ether oxygens (including phenoxy) is 2. The van der Waals surface area contributed by atoms with Crippen molar-refractivity contribution in [3.05, 3.63) is 71.8 Å². The number of carbonyl (C=O) groups is 1. The maximum atomic E-state index is 13.3. The first-order chi connectivity index (χ1) is 14.1. The monoisotopic (exact) mass is 395 g/mol. The van der Waals surface area contributed by atoms with Crippen molar-refractivity contribution in [2.45, 2.75) is 37.8 Å². The van der Waals surface area contributed by atoms with Crippen molar-refractivity contribution in [2.24, 2.45) is 0 Å². The number of likely N-dealkylation sites (tertiary alicyclic amines) is 1. The van der Waals surface area contributed by atoms with Gasteiger partial charge in [0, 0.05) is 23.7 Å². The second-order valence-electron chi connectivity index (χ2n) is 7.32. The largest absolute Gasteiger partial charge is 0.493 e. The van der Waals surface area contributed by atoms with E-state index in [9.17, 15) is 9.90 Å². The van der Waals surface area contributed by atoms with Gasteiger partial charge in [-0.1, -0.05) is 36.4 Å². The number of rotatable bonds is 8. The van der Waals surface area contributed by atoms with Crippen LogP contribution >= 0.6 is 0 Å². The van der Waals surface area contributed by atoms with Crippen LogP contribution in [-0.4, -0.2) is 42.7 Å². The lowest BCUT2D eigenvalue weighted by Gasteiger charge is -2.27. The predicted molar refractivity (Wildman–Crippen MR) is 114 cm³/mol. The second kappa shape index (κ2) is 9.61. The second-order valence-corrected chi connectivity index (χ2v) is 7.32. The summed E-state index contributed by atoms with van der Waals surface area (Å²) in [5.74, 6) is 1.12. The van der Waals surface area contributed by atoms with E-state index in [0.717, 1.165) is 24.0 Å². The summed E-state index contributed by atoms with van der Waals surface area (Å²) in [5.41, 5.74) is 2.32. The third-order valence-corrected chi connectivity index (χ3v) is 5.48. The van der Waals surface area contributed by atoms with Crippen LogP contribution in [0.1, 0.15) is 46.9 Å². The van der Waals surface area contributed by atoms with E-state index in [2.05, 4.69) is 6.58 Å². The molecular weight excluding hydrogens is 366 g/mol. The Labute approximate surface area is 172 Å². The fourth-order valence-electron chi connectivity index (χ4n) is 4.06. The predicted octanol–water partition coefficient (Wildman–Crippen LogP) is 4.16. The quantitative estimate of drug-likeness (QED) is 0.682. The van der Waals surface area contributed by atoms with Crippen LogP contribution in [0.3, 0.4) is 0 Å². The summed E-state index contributed by atoms with van der Waals surface area (Å²) < 4.78 is 10.9. The van der Waals surface area contributed by atoms with Gasteiger partial charge in [0.05, 0.1) is 20.3 Å². The van der Waals surface area contributed by atoms with Crippen molar-refractivity contribution in [3.8, 4) is 11.5 Å². The number of aliphatic hydroxyl groups excluding tert-OH is 1. The summed E-state index contributed by atoms with van der Waals surface area (Å²) in [6.07, 6.45) is 4.13. The Morgan fingerprint density at radius 1 is 1.28 bits per heavy atom. The van der Waals surface area contributed by atoms with Crippen molar-refractivity contribution >= 4 is 5.91 Å². The van der Waals surface area contributed by atoms with Crippen LogP contribution in [-0.2, 0) is 6.42 Å². The van der Waals surface area contributed by atoms with Crippen LogP contribution in [0.15, 0.2) is 55.1 Å². The zero-order valence-corrected chi connectivity index (χ0v) is 17.1. The van der Waals surface area contributed by atoms with Crippen LogP contribution in [0.2, 0.25) is 0 Å². The number of hydrogen-bond donors (Lipinski definition) is 1. The highest BCUT2D eigenvalue weighted by Crippen LogP contribution is 2.35. The number of benzene rings is 2. The zero-order valence-electron chi connectivity index (χ0n) is 17.1. The molecule has 1 saturated heterocycles. The fraction of sp³-hybridized carbons (Fsp3) is 0.375. The summed E-state index contributed by atoms with van der Waals surface area (Å²) in [4.78, 5) is 15.2. The first-order valence-electron chi connectivity index (χ1n) is 9.98. The van der Waals surface area contributed by atoms with E-state index < -0.39 is 6.10 Å². The van der Waals surface area contributed by atoms with E-state index in [4.69, 9.17) is 9.47 Å². The number of carbonyl (C=O) groups excluding carboxylic acids is 1. The molecule has 0 saturated carbocycles. The maximum absolute atomic E-state index is 13.3. The van der Waals surface area contributed by atoms with Gasteiger partial charge in [-0.3, -0.25) is 4.79 Å². The highest BCUT2D eigenvalue weighted by Gasteiger charge is 2.32. The lowest BCUT2D eigenvalue weighted by molar-refractivity contribution is 0.0666. The molecule has 0 spiro atoms. The van der Waals surface area contributed by atoms with Gasteiger partial charge in [0.25, 0.3) is 5.91 Å². The molecule has 1 heterocycles. The number of nitrogens with zero attached hydrogens (tertiary/aromatic N) is 1. The summed E-state index contributed by atoms with van der Waals surface area (Å²) in [6.45, 7) is 4.48. The van der Waals surface area contributed by atoms with E-state index >= 15 is 0 Å². The Kier molecular flexibility index (Phi) is 6.94. The fourth-order valence-corrected chi connectivity index (χ4v) is 4.06. The molecule has 0 aliphatic carbocycles. The van der Waals surface area contributed by atoms with Crippen LogP contribution < -0.4 is 9.47 Å². The number of methoxy groups -OCH3 is 2.